The molecule has 0 fully saturated rings. The Kier molecular flexibility index (Phi) is 3.69. The Morgan fingerprint density at radius 1 is 1.50 bits per heavy atom. The van der Waals surface area contributed by atoms with Gasteiger partial charge in [0.2, 0.25) is 11.9 Å². The summed E-state index contributed by atoms with van der Waals surface area (Å²) in [6.45, 7) is 0.491. The summed E-state index contributed by atoms with van der Waals surface area (Å²) in [6.07, 6.45) is 0.824. The van der Waals surface area contributed by atoms with Gasteiger partial charge in [-0.15, -0.1) is 0 Å². The van der Waals surface area contributed by atoms with Gasteiger partial charge in [-0.3, -0.25) is 4.79 Å². The third-order valence-corrected chi connectivity index (χ3v) is 3.45. The van der Waals surface area contributed by atoms with Crippen molar-refractivity contribution in [3.63, 3.8) is 0 Å². The number of aromatic nitrogens is 2. The minimum Gasteiger partial charge on any atom is -0.370 e. The van der Waals surface area contributed by atoms with E-state index in [1.165, 1.54) is 6.07 Å². The van der Waals surface area contributed by atoms with Gasteiger partial charge in [0.1, 0.15) is 5.82 Å². The molecule has 1 heterocycles. The van der Waals surface area contributed by atoms with Crippen LogP contribution in [-0.4, -0.2) is 15.5 Å². The predicted octanol–water partition coefficient (Wildman–Crippen LogP) is 1.63. The number of aryl methyl sites for hydroxylation is 1. The molecule has 0 unspecified atom stereocenters. The van der Waals surface area contributed by atoms with Crippen molar-refractivity contribution in [3.8, 4) is 0 Å². The van der Waals surface area contributed by atoms with Gasteiger partial charge in [-0.1, -0.05) is 0 Å². The summed E-state index contributed by atoms with van der Waals surface area (Å²) >= 11 is 1.90. The molecule has 4 N–H and O–H groups in total. The lowest BCUT2D eigenvalue weighted by molar-refractivity contribution is -0.118. The third kappa shape index (κ3) is 2.55. The van der Waals surface area contributed by atoms with Gasteiger partial charge in [0.25, 0.3) is 0 Å². The topological polar surface area (TPSA) is 86.9 Å². The second kappa shape index (κ2) is 5.09. The summed E-state index contributed by atoms with van der Waals surface area (Å²) in [5.41, 5.74) is 12.1. The van der Waals surface area contributed by atoms with Crippen LogP contribution >= 0.6 is 22.6 Å². The van der Waals surface area contributed by atoms with Gasteiger partial charge in [0, 0.05) is 19.0 Å². The molecule has 0 saturated carbocycles. The molecule has 2 aromatic rings. The largest absolute Gasteiger partial charge is 0.370 e. The summed E-state index contributed by atoms with van der Waals surface area (Å²) < 4.78 is 15.7. The maximum Gasteiger partial charge on any atom is 0.217 e. The minimum atomic E-state index is -0.362. The lowest BCUT2D eigenvalue weighted by Gasteiger charge is -2.05. The van der Waals surface area contributed by atoms with Crippen molar-refractivity contribution in [1.82, 2.24) is 9.55 Å². The van der Waals surface area contributed by atoms with Gasteiger partial charge in [-0.25, -0.2) is 9.37 Å². The van der Waals surface area contributed by atoms with E-state index in [0.29, 0.717) is 33.5 Å². The van der Waals surface area contributed by atoms with Crippen molar-refractivity contribution in [3.05, 3.63) is 21.5 Å². The summed E-state index contributed by atoms with van der Waals surface area (Å²) in [7, 11) is 0. The number of amides is 1. The van der Waals surface area contributed by atoms with Crippen molar-refractivity contribution in [2.24, 2.45) is 5.73 Å². The fourth-order valence-corrected chi connectivity index (χ4v) is 2.24. The molecule has 7 heteroatoms. The maximum absolute atomic E-state index is 13.5. The van der Waals surface area contributed by atoms with Crippen LogP contribution < -0.4 is 11.5 Å². The molecule has 1 aromatic heterocycles. The number of hydrogen-bond donors (Lipinski definition) is 2. The summed E-state index contributed by atoms with van der Waals surface area (Å²) in [4.78, 5) is 14.8. The zero-order valence-corrected chi connectivity index (χ0v) is 11.6. The number of fused-ring (bicyclic) bond motifs is 1. The van der Waals surface area contributed by atoms with Crippen molar-refractivity contribution >= 4 is 45.5 Å². The Morgan fingerprint density at radius 2 is 2.22 bits per heavy atom. The van der Waals surface area contributed by atoms with Crippen LogP contribution in [0, 0.1) is 9.39 Å². The zero-order chi connectivity index (χ0) is 13.3. The lowest BCUT2D eigenvalue weighted by Crippen LogP contribution is -2.12. The molecule has 0 aliphatic rings. The molecule has 2 rings (SSSR count). The number of halogens is 2. The molecule has 0 aliphatic heterocycles. The van der Waals surface area contributed by atoms with Gasteiger partial charge in [-0.2, -0.15) is 0 Å². The van der Waals surface area contributed by atoms with Crippen molar-refractivity contribution in [2.75, 3.05) is 5.73 Å². The van der Waals surface area contributed by atoms with E-state index in [1.807, 2.05) is 22.6 Å². The molecule has 5 nitrogen and oxygen atoms in total. The Labute approximate surface area is 116 Å². The third-order valence-electron chi connectivity index (χ3n) is 2.62. The van der Waals surface area contributed by atoms with E-state index < -0.39 is 0 Å². The number of rotatable bonds is 4. The molecule has 1 aromatic carbocycles. The van der Waals surface area contributed by atoms with Crippen LogP contribution in [0.2, 0.25) is 0 Å². The average Bonchev–Trinajstić information content (AvgIpc) is 2.56. The highest BCUT2D eigenvalue weighted by Crippen LogP contribution is 2.23. The minimum absolute atomic E-state index is 0.270. The molecule has 0 atom stereocenters. The maximum atomic E-state index is 13.5. The first kappa shape index (κ1) is 13.1. The van der Waals surface area contributed by atoms with E-state index >= 15 is 0 Å². The van der Waals surface area contributed by atoms with E-state index in [-0.39, 0.29) is 18.1 Å². The fraction of sp³-hybridized carbons (Fsp3) is 0.273. The van der Waals surface area contributed by atoms with Crippen LogP contribution in [0.3, 0.4) is 0 Å². The number of carbonyl (C=O) groups is 1. The van der Waals surface area contributed by atoms with E-state index in [0.717, 1.165) is 0 Å². The number of anilines is 1. The second-order valence-electron chi connectivity index (χ2n) is 3.95. The number of nitrogen functional groups attached to an aromatic ring is 1. The number of carbonyl (C=O) groups excluding carboxylic acids is 1. The molecule has 18 heavy (non-hydrogen) atoms. The van der Waals surface area contributed by atoms with Gasteiger partial charge >= 0.3 is 0 Å². The average molecular weight is 362 g/mol. The SMILES string of the molecule is NC(=O)CCCn1c(N)nc2cc(I)c(F)cc21. The highest BCUT2D eigenvalue weighted by molar-refractivity contribution is 14.1. The summed E-state index contributed by atoms with van der Waals surface area (Å²) in [5.74, 6) is -0.353. The number of benzene rings is 1. The van der Waals surface area contributed by atoms with Crippen LogP contribution in [0.1, 0.15) is 12.8 Å². The first-order chi connectivity index (χ1) is 8.49. The quantitative estimate of drug-likeness (QED) is 0.811. The molecule has 0 saturated heterocycles. The zero-order valence-electron chi connectivity index (χ0n) is 9.49. The van der Waals surface area contributed by atoms with E-state index in [2.05, 4.69) is 4.98 Å². The predicted molar refractivity (Wildman–Crippen MR) is 75.2 cm³/mol. The van der Waals surface area contributed by atoms with Crippen LogP contribution in [0.5, 0.6) is 0 Å². The first-order valence-electron chi connectivity index (χ1n) is 5.38. The van der Waals surface area contributed by atoms with E-state index in [1.54, 1.807) is 10.6 Å². The van der Waals surface area contributed by atoms with Crippen molar-refractivity contribution < 1.29 is 9.18 Å². The smallest absolute Gasteiger partial charge is 0.217 e. The number of nitrogens with zero attached hydrogens (tertiary/aromatic N) is 2. The number of primary amides is 1. The highest BCUT2D eigenvalue weighted by Gasteiger charge is 2.11. The number of nitrogens with two attached hydrogens (primary N) is 2. The van der Waals surface area contributed by atoms with Gasteiger partial charge in [-0.05, 0) is 35.1 Å². The Morgan fingerprint density at radius 3 is 2.89 bits per heavy atom. The summed E-state index contributed by atoms with van der Waals surface area (Å²) in [6, 6.07) is 3.05. The molecule has 0 aliphatic carbocycles. The molecule has 96 valence electrons. The van der Waals surface area contributed by atoms with Crippen LogP contribution in [-0.2, 0) is 11.3 Å². The first-order valence-corrected chi connectivity index (χ1v) is 6.46. The van der Waals surface area contributed by atoms with Crippen molar-refractivity contribution in [2.45, 2.75) is 19.4 Å². The molecule has 1 amide bonds. The van der Waals surface area contributed by atoms with E-state index in [4.69, 9.17) is 11.5 Å². The van der Waals surface area contributed by atoms with Crippen molar-refractivity contribution in [1.29, 1.82) is 0 Å². The van der Waals surface area contributed by atoms with Gasteiger partial charge < -0.3 is 16.0 Å². The van der Waals surface area contributed by atoms with Crippen LogP contribution in [0.4, 0.5) is 10.3 Å². The second-order valence-corrected chi connectivity index (χ2v) is 5.11. The van der Waals surface area contributed by atoms with Crippen LogP contribution in [0.25, 0.3) is 11.0 Å². The normalized spacial score (nSPS) is 11.0. The summed E-state index contributed by atoms with van der Waals surface area (Å²) in [5, 5.41) is 0. The van der Waals surface area contributed by atoms with Gasteiger partial charge in [0.05, 0.1) is 14.6 Å². The Hall–Kier alpha value is -1.38. The molecule has 0 spiro atoms. The standard InChI is InChI=1S/C11H12FIN4O/c12-6-4-9-8(5-7(6)13)16-11(15)17(9)3-1-2-10(14)18/h4-5H,1-3H2,(H2,14,18)(H2,15,16). The molecule has 0 radical (unpaired) electrons. The van der Waals surface area contributed by atoms with E-state index in [9.17, 15) is 9.18 Å². The number of imidazole rings is 1. The van der Waals surface area contributed by atoms with Crippen LogP contribution in [0.15, 0.2) is 12.1 Å². The monoisotopic (exact) mass is 362 g/mol. The fourth-order valence-electron chi connectivity index (χ4n) is 1.79. The Balaban J connectivity index is 2.34. The van der Waals surface area contributed by atoms with Gasteiger partial charge in [0.15, 0.2) is 0 Å². The lowest BCUT2D eigenvalue weighted by atomic mass is 10.2. The molecular weight excluding hydrogens is 350 g/mol. The molecular formula is C11H12FIN4O. The highest BCUT2D eigenvalue weighted by atomic mass is 127. The molecule has 0 bridgehead atoms. The number of hydrogen-bond acceptors (Lipinski definition) is 3. The Bertz CT molecular complexity index is 611.